The number of carbonyl (C=O) groups is 1. The third-order valence-electron chi connectivity index (χ3n) is 3.59. The average molecular weight is 270 g/mol. The monoisotopic (exact) mass is 270 g/mol. The first-order valence-corrected chi connectivity index (χ1v) is 6.72. The lowest BCUT2D eigenvalue weighted by molar-refractivity contribution is -0.239. The molecule has 20 heavy (non-hydrogen) atoms. The molecular formula is C17H18O3. The average Bonchev–Trinajstić information content (AvgIpc) is 2.53. The van der Waals surface area contributed by atoms with Gasteiger partial charge in [0, 0.05) is 0 Å². The molecule has 0 saturated heterocycles. The molecule has 2 rings (SSSR count). The van der Waals surface area contributed by atoms with Crippen molar-refractivity contribution >= 4 is 5.97 Å². The van der Waals surface area contributed by atoms with E-state index in [1.54, 1.807) is 0 Å². The molecule has 0 saturated carbocycles. The Bertz CT molecular complexity index is 509. The van der Waals surface area contributed by atoms with Gasteiger partial charge in [0.1, 0.15) is 5.41 Å². The molecule has 2 aromatic carbocycles. The highest BCUT2D eigenvalue weighted by Crippen LogP contribution is 2.37. The van der Waals surface area contributed by atoms with Crippen LogP contribution in [0, 0.1) is 0 Å². The molecule has 0 radical (unpaired) electrons. The summed E-state index contributed by atoms with van der Waals surface area (Å²) in [5.74, 6) is -0.642. The van der Waals surface area contributed by atoms with Crippen LogP contribution in [0.2, 0.25) is 0 Å². The molecule has 0 aliphatic rings. The summed E-state index contributed by atoms with van der Waals surface area (Å²) >= 11 is 0. The van der Waals surface area contributed by atoms with Crippen molar-refractivity contribution in [2.45, 2.75) is 25.2 Å². The maximum Gasteiger partial charge on any atom is 0.356 e. The minimum absolute atomic E-state index is 0.570. The van der Waals surface area contributed by atoms with Gasteiger partial charge in [0.2, 0.25) is 0 Å². The lowest BCUT2D eigenvalue weighted by Crippen LogP contribution is -2.38. The van der Waals surface area contributed by atoms with E-state index in [1.165, 1.54) is 0 Å². The van der Waals surface area contributed by atoms with Crippen LogP contribution in [0.5, 0.6) is 0 Å². The van der Waals surface area contributed by atoms with E-state index in [9.17, 15) is 4.79 Å². The van der Waals surface area contributed by atoms with Gasteiger partial charge in [0.15, 0.2) is 0 Å². The number of rotatable bonds is 5. The highest BCUT2D eigenvalue weighted by atomic mass is 17.1. The zero-order chi connectivity index (χ0) is 14.4. The SMILES string of the molecule is CCCC(C(=O)OO)(c1ccccc1)c1ccccc1. The molecular weight excluding hydrogens is 252 g/mol. The molecule has 3 nitrogen and oxygen atoms in total. The highest BCUT2D eigenvalue weighted by molar-refractivity contribution is 5.87. The van der Waals surface area contributed by atoms with Crippen LogP contribution in [0.1, 0.15) is 30.9 Å². The lowest BCUT2D eigenvalue weighted by atomic mass is 9.71. The number of hydrogen-bond donors (Lipinski definition) is 1. The molecule has 0 fully saturated rings. The van der Waals surface area contributed by atoms with E-state index in [0.29, 0.717) is 6.42 Å². The van der Waals surface area contributed by atoms with Crippen molar-refractivity contribution < 1.29 is 14.9 Å². The first-order valence-electron chi connectivity index (χ1n) is 6.72. The molecule has 0 atom stereocenters. The minimum atomic E-state index is -0.966. The summed E-state index contributed by atoms with van der Waals surface area (Å²) in [6, 6.07) is 18.9. The zero-order valence-corrected chi connectivity index (χ0v) is 11.5. The minimum Gasteiger partial charge on any atom is -0.300 e. The van der Waals surface area contributed by atoms with Crippen LogP contribution in [-0.2, 0) is 15.1 Å². The predicted molar refractivity (Wildman–Crippen MR) is 77.3 cm³/mol. The molecule has 1 N–H and O–H groups in total. The molecule has 0 spiro atoms. The molecule has 0 unspecified atom stereocenters. The molecule has 3 heteroatoms. The first-order chi connectivity index (χ1) is 9.75. The number of benzene rings is 2. The quantitative estimate of drug-likeness (QED) is 0.664. The Morgan fingerprint density at radius 1 is 1.00 bits per heavy atom. The Balaban J connectivity index is 2.66. The molecule has 0 aromatic heterocycles. The Hall–Kier alpha value is -2.13. The van der Waals surface area contributed by atoms with Gasteiger partial charge in [-0.1, -0.05) is 74.0 Å². The molecule has 0 aliphatic carbocycles. The standard InChI is InChI=1S/C17H18O3/c1-2-13-17(16(18)20-19,14-9-5-3-6-10-14)15-11-7-4-8-12-15/h3-12,19H,2,13H2,1H3. The Labute approximate surface area is 118 Å². The van der Waals surface area contributed by atoms with Crippen LogP contribution >= 0.6 is 0 Å². The lowest BCUT2D eigenvalue weighted by Gasteiger charge is -2.31. The summed E-state index contributed by atoms with van der Waals surface area (Å²) in [5, 5.41) is 8.97. The van der Waals surface area contributed by atoms with Gasteiger partial charge in [-0.05, 0) is 17.5 Å². The fraction of sp³-hybridized carbons (Fsp3) is 0.235. The van der Waals surface area contributed by atoms with Crippen LogP contribution in [0.3, 0.4) is 0 Å². The van der Waals surface area contributed by atoms with Crippen molar-refractivity contribution in [3.05, 3.63) is 71.8 Å². The summed E-state index contributed by atoms with van der Waals surface area (Å²) in [7, 11) is 0. The van der Waals surface area contributed by atoms with E-state index in [1.807, 2.05) is 67.6 Å². The summed E-state index contributed by atoms with van der Waals surface area (Å²) in [4.78, 5) is 16.5. The molecule has 104 valence electrons. The molecule has 0 aliphatic heterocycles. The van der Waals surface area contributed by atoms with Crippen molar-refractivity contribution in [2.24, 2.45) is 0 Å². The third-order valence-corrected chi connectivity index (χ3v) is 3.59. The smallest absolute Gasteiger partial charge is 0.300 e. The van der Waals surface area contributed by atoms with Crippen molar-refractivity contribution in [3.63, 3.8) is 0 Å². The fourth-order valence-corrected chi connectivity index (χ4v) is 2.69. The molecule has 0 bridgehead atoms. The highest BCUT2D eigenvalue weighted by Gasteiger charge is 2.43. The Morgan fingerprint density at radius 2 is 1.45 bits per heavy atom. The van der Waals surface area contributed by atoms with Gasteiger partial charge in [0.05, 0.1) is 0 Å². The Kier molecular flexibility index (Phi) is 4.53. The van der Waals surface area contributed by atoms with Gasteiger partial charge >= 0.3 is 5.97 Å². The summed E-state index contributed by atoms with van der Waals surface area (Å²) in [6.45, 7) is 2.01. The summed E-state index contributed by atoms with van der Waals surface area (Å²) in [6.07, 6.45) is 1.36. The summed E-state index contributed by atoms with van der Waals surface area (Å²) < 4.78 is 0. The van der Waals surface area contributed by atoms with Crippen LogP contribution in [0.15, 0.2) is 60.7 Å². The molecule has 2 aromatic rings. The van der Waals surface area contributed by atoms with Gasteiger partial charge in [-0.3, -0.25) is 4.89 Å². The molecule has 0 amide bonds. The van der Waals surface area contributed by atoms with Gasteiger partial charge in [0.25, 0.3) is 0 Å². The largest absolute Gasteiger partial charge is 0.356 e. The second kappa shape index (κ2) is 6.35. The van der Waals surface area contributed by atoms with Crippen LogP contribution in [0.25, 0.3) is 0 Å². The van der Waals surface area contributed by atoms with Crippen LogP contribution in [0.4, 0.5) is 0 Å². The van der Waals surface area contributed by atoms with E-state index >= 15 is 0 Å². The van der Waals surface area contributed by atoms with Crippen molar-refractivity contribution in [1.29, 1.82) is 0 Å². The maximum atomic E-state index is 12.4. The first kappa shape index (κ1) is 14.3. The third kappa shape index (κ3) is 2.45. The van der Waals surface area contributed by atoms with E-state index in [2.05, 4.69) is 4.89 Å². The van der Waals surface area contributed by atoms with E-state index in [0.717, 1.165) is 17.5 Å². The topological polar surface area (TPSA) is 46.5 Å². The zero-order valence-electron chi connectivity index (χ0n) is 11.5. The van der Waals surface area contributed by atoms with Crippen LogP contribution in [-0.4, -0.2) is 11.2 Å². The van der Waals surface area contributed by atoms with Crippen molar-refractivity contribution in [2.75, 3.05) is 0 Å². The second-order valence-corrected chi connectivity index (χ2v) is 4.77. The predicted octanol–water partition coefficient (Wildman–Crippen LogP) is 3.79. The van der Waals surface area contributed by atoms with Gasteiger partial charge in [-0.2, -0.15) is 5.26 Å². The van der Waals surface area contributed by atoms with Gasteiger partial charge in [-0.25, -0.2) is 4.79 Å². The summed E-state index contributed by atoms with van der Waals surface area (Å²) in [5.41, 5.74) is 0.686. The van der Waals surface area contributed by atoms with E-state index in [-0.39, 0.29) is 0 Å². The van der Waals surface area contributed by atoms with Gasteiger partial charge < -0.3 is 0 Å². The van der Waals surface area contributed by atoms with Crippen molar-refractivity contribution in [3.8, 4) is 0 Å². The number of carbonyl (C=O) groups excluding carboxylic acids is 1. The Morgan fingerprint density at radius 3 is 1.80 bits per heavy atom. The molecule has 0 heterocycles. The fourth-order valence-electron chi connectivity index (χ4n) is 2.69. The second-order valence-electron chi connectivity index (χ2n) is 4.77. The van der Waals surface area contributed by atoms with E-state index < -0.39 is 11.4 Å². The number of hydrogen-bond acceptors (Lipinski definition) is 3. The maximum absolute atomic E-state index is 12.4. The van der Waals surface area contributed by atoms with Crippen molar-refractivity contribution in [1.82, 2.24) is 0 Å². The normalized spacial score (nSPS) is 11.1. The van der Waals surface area contributed by atoms with Crippen LogP contribution < -0.4 is 0 Å². The van der Waals surface area contributed by atoms with Gasteiger partial charge in [-0.15, -0.1) is 0 Å². The van der Waals surface area contributed by atoms with E-state index in [4.69, 9.17) is 5.26 Å².